The van der Waals surface area contributed by atoms with Crippen molar-refractivity contribution in [3.8, 4) is 0 Å². The second-order valence-electron chi connectivity index (χ2n) is 6.17. The van der Waals surface area contributed by atoms with Gasteiger partial charge in [0.25, 0.3) is 5.69 Å². The molecule has 1 aromatic carbocycles. The Morgan fingerprint density at radius 3 is 2.71 bits per heavy atom. The Morgan fingerprint density at radius 2 is 2.12 bits per heavy atom. The van der Waals surface area contributed by atoms with E-state index in [0.717, 1.165) is 31.4 Å². The number of carbonyl (C=O) groups excluding carboxylic acids is 1. The molecule has 2 N–H and O–H groups in total. The van der Waals surface area contributed by atoms with Gasteiger partial charge in [-0.2, -0.15) is 5.10 Å². The lowest BCUT2D eigenvalue weighted by molar-refractivity contribution is -0.385. The molecule has 0 aliphatic heterocycles. The minimum absolute atomic E-state index is 0.1000. The molecule has 0 atom stereocenters. The minimum Gasteiger partial charge on any atom is -0.465 e. The number of H-pyrrole nitrogens is 1. The molecule has 1 heterocycles. The van der Waals surface area contributed by atoms with Crippen LogP contribution in [0.15, 0.2) is 12.1 Å². The number of carbonyl (C=O) groups is 1. The highest BCUT2D eigenvalue weighted by Gasteiger charge is 2.28. The number of esters is 1. The van der Waals surface area contributed by atoms with Crippen molar-refractivity contribution in [3.05, 3.63) is 33.5 Å². The lowest BCUT2D eigenvalue weighted by Crippen LogP contribution is -2.16. The van der Waals surface area contributed by atoms with Crippen LogP contribution in [0.25, 0.3) is 10.9 Å². The molecule has 8 nitrogen and oxygen atoms in total. The van der Waals surface area contributed by atoms with Crippen LogP contribution in [0.3, 0.4) is 0 Å². The van der Waals surface area contributed by atoms with E-state index in [1.165, 1.54) is 19.2 Å². The second-order valence-corrected chi connectivity index (χ2v) is 6.17. The summed E-state index contributed by atoms with van der Waals surface area (Å²) in [4.78, 5) is 22.5. The number of hydrogen-bond donors (Lipinski definition) is 2. The van der Waals surface area contributed by atoms with E-state index in [9.17, 15) is 20.0 Å². The molecule has 8 heteroatoms. The fourth-order valence-electron chi connectivity index (χ4n) is 3.44. The lowest BCUT2D eigenvalue weighted by Gasteiger charge is -2.26. The number of rotatable bonds is 4. The highest BCUT2D eigenvalue weighted by molar-refractivity contribution is 5.99. The SMILES string of the molecule is COC(=O)c1cc2n[nH]c(C3CCC(CO)CC3)c2cc1[N+](=O)[O-]. The van der Waals surface area contributed by atoms with E-state index in [1.54, 1.807) is 0 Å². The van der Waals surface area contributed by atoms with E-state index in [1.807, 2.05) is 0 Å². The molecule has 0 amide bonds. The fourth-order valence-corrected chi connectivity index (χ4v) is 3.44. The first-order chi connectivity index (χ1) is 11.5. The number of fused-ring (bicyclic) bond motifs is 1. The van der Waals surface area contributed by atoms with Crippen LogP contribution in [-0.2, 0) is 4.74 Å². The van der Waals surface area contributed by atoms with E-state index in [-0.39, 0.29) is 23.8 Å². The summed E-state index contributed by atoms with van der Waals surface area (Å²) in [6, 6.07) is 2.80. The topological polar surface area (TPSA) is 118 Å². The molecule has 2 aromatic rings. The van der Waals surface area contributed by atoms with Gasteiger partial charge in [-0.05, 0) is 37.7 Å². The van der Waals surface area contributed by atoms with E-state index in [0.29, 0.717) is 16.8 Å². The Hall–Kier alpha value is -2.48. The Bertz CT molecular complexity index is 777. The molecule has 3 rings (SSSR count). The van der Waals surface area contributed by atoms with Crippen LogP contribution in [0.2, 0.25) is 0 Å². The zero-order chi connectivity index (χ0) is 17.3. The number of nitrogens with zero attached hydrogens (tertiary/aromatic N) is 2. The number of aliphatic hydroxyl groups is 1. The monoisotopic (exact) mass is 333 g/mol. The molecule has 0 radical (unpaired) electrons. The van der Waals surface area contributed by atoms with E-state index in [4.69, 9.17) is 0 Å². The largest absolute Gasteiger partial charge is 0.465 e. The maximum atomic E-state index is 11.8. The van der Waals surface area contributed by atoms with Gasteiger partial charge < -0.3 is 9.84 Å². The van der Waals surface area contributed by atoms with Gasteiger partial charge in [0.1, 0.15) is 5.56 Å². The summed E-state index contributed by atoms with van der Waals surface area (Å²) < 4.78 is 4.62. The van der Waals surface area contributed by atoms with Crippen molar-refractivity contribution in [2.75, 3.05) is 13.7 Å². The lowest BCUT2D eigenvalue weighted by atomic mass is 9.80. The van der Waals surface area contributed by atoms with Crippen LogP contribution in [-0.4, -0.2) is 39.9 Å². The molecule has 1 aliphatic carbocycles. The number of aliphatic hydroxyl groups excluding tert-OH is 1. The zero-order valence-corrected chi connectivity index (χ0v) is 13.3. The van der Waals surface area contributed by atoms with Crippen molar-refractivity contribution in [1.29, 1.82) is 0 Å². The Balaban J connectivity index is 2.01. The second kappa shape index (κ2) is 6.56. The molecule has 0 saturated heterocycles. The van der Waals surface area contributed by atoms with Gasteiger partial charge in [0.15, 0.2) is 0 Å². The van der Waals surface area contributed by atoms with Crippen molar-refractivity contribution < 1.29 is 19.6 Å². The molecule has 1 saturated carbocycles. The summed E-state index contributed by atoms with van der Waals surface area (Å²) in [5, 5.41) is 28.4. The normalized spacial score (nSPS) is 20.9. The van der Waals surface area contributed by atoms with E-state index >= 15 is 0 Å². The standard InChI is InChI=1S/C16H19N3O5/c1-24-16(21)12-6-13-11(7-14(12)19(22)23)15(18-17-13)10-4-2-9(8-20)3-5-10/h6-7,9-10,20H,2-5,8H2,1H3,(H,17,18). The van der Waals surface area contributed by atoms with Gasteiger partial charge in [0.2, 0.25) is 0 Å². The third kappa shape index (κ3) is 2.84. The summed E-state index contributed by atoms with van der Waals surface area (Å²) in [5.41, 5.74) is 0.999. The van der Waals surface area contributed by atoms with Gasteiger partial charge in [0, 0.05) is 29.7 Å². The van der Waals surface area contributed by atoms with Crippen molar-refractivity contribution in [2.24, 2.45) is 5.92 Å². The van der Waals surface area contributed by atoms with Gasteiger partial charge in [-0.1, -0.05) is 0 Å². The Labute approximate surface area is 138 Å². The Morgan fingerprint density at radius 1 is 1.42 bits per heavy atom. The number of nitrogens with one attached hydrogen (secondary N) is 1. The maximum Gasteiger partial charge on any atom is 0.344 e. The molecular formula is C16H19N3O5. The predicted octanol–water partition coefficient (Wildman–Crippen LogP) is 2.52. The summed E-state index contributed by atoms with van der Waals surface area (Å²) in [6.45, 7) is 0.199. The quantitative estimate of drug-likeness (QED) is 0.504. The summed E-state index contributed by atoms with van der Waals surface area (Å²) >= 11 is 0. The molecule has 0 bridgehead atoms. The van der Waals surface area contributed by atoms with Crippen LogP contribution >= 0.6 is 0 Å². The number of nitro benzene ring substituents is 1. The predicted molar refractivity (Wildman–Crippen MR) is 85.9 cm³/mol. The molecule has 0 spiro atoms. The summed E-state index contributed by atoms with van der Waals surface area (Å²) in [7, 11) is 1.19. The number of hydrogen-bond acceptors (Lipinski definition) is 6. The first-order valence-electron chi connectivity index (χ1n) is 7.90. The molecule has 1 fully saturated rings. The Kier molecular flexibility index (Phi) is 4.48. The van der Waals surface area contributed by atoms with Gasteiger partial charge >= 0.3 is 5.97 Å². The number of ether oxygens (including phenoxy) is 1. The van der Waals surface area contributed by atoms with Crippen molar-refractivity contribution in [1.82, 2.24) is 10.2 Å². The fraction of sp³-hybridized carbons (Fsp3) is 0.500. The van der Waals surface area contributed by atoms with Gasteiger partial charge in [-0.15, -0.1) is 0 Å². The first kappa shape index (κ1) is 16.4. The number of methoxy groups -OCH3 is 1. The van der Waals surface area contributed by atoms with Crippen molar-refractivity contribution >= 4 is 22.6 Å². The third-order valence-electron chi connectivity index (χ3n) is 4.82. The smallest absolute Gasteiger partial charge is 0.344 e. The van der Waals surface area contributed by atoms with Crippen molar-refractivity contribution in [3.63, 3.8) is 0 Å². The van der Waals surface area contributed by atoms with E-state index in [2.05, 4.69) is 14.9 Å². The minimum atomic E-state index is -0.753. The molecule has 128 valence electrons. The number of nitro groups is 1. The van der Waals surface area contributed by atoms with Crippen LogP contribution in [0, 0.1) is 16.0 Å². The van der Waals surface area contributed by atoms with Gasteiger partial charge in [-0.3, -0.25) is 15.2 Å². The molecule has 0 unspecified atom stereocenters. The van der Waals surface area contributed by atoms with Crippen molar-refractivity contribution in [2.45, 2.75) is 31.6 Å². The van der Waals surface area contributed by atoms with Crippen LogP contribution in [0.4, 0.5) is 5.69 Å². The number of aromatic amines is 1. The van der Waals surface area contributed by atoms with E-state index < -0.39 is 10.9 Å². The summed E-state index contributed by atoms with van der Waals surface area (Å²) in [5.74, 6) is -0.200. The van der Waals surface area contributed by atoms with Crippen LogP contribution in [0.1, 0.15) is 47.7 Å². The zero-order valence-electron chi connectivity index (χ0n) is 13.3. The maximum absolute atomic E-state index is 11.8. The first-order valence-corrected chi connectivity index (χ1v) is 7.90. The van der Waals surface area contributed by atoms with Gasteiger partial charge in [0.05, 0.1) is 17.5 Å². The third-order valence-corrected chi connectivity index (χ3v) is 4.82. The molecule has 1 aliphatic rings. The van der Waals surface area contributed by atoms with Crippen LogP contribution in [0.5, 0.6) is 0 Å². The number of aromatic nitrogens is 2. The summed E-state index contributed by atoms with van der Waals surface area (Å²) in [6.07, 6.45) is 3.64. The highest BCUT2D eigenvalue weighted by Crippen LogP contribution is 2.38. The molecular weight excluding hydrogens is 314 g/mol. The molecule has 24 heavy (non-hydrogen) atoms. The highest BCUT2D eigenvalue weighted by atomic mass is 16.6. The van der Waals surface area contributed by atoms with Crippen LogP contribution < -0.4 is 0 Å². The van der Waals surface area contributed by atoms with Gasteiger partial charge in [-0.25, -0.2) is 4.79 Å². The average molecular weight is 333 g/mol. The number of benzene rings is 1. The molecule has 1 aromatic heterocycles. The average Bonchev–Trinajstić information content (AvgIpc) is 3.02.